The topological polar surface area (TPSA) is 28.3 Å². The van der Waals surface area contributed by atoms with Gasteiger partial charge in [-0.3, -0.25) is 0 Å². The van der Waals surface area contributed by atoms with E-state index in [0.29, 0.717) is 0 Å². The van der Waals surface area contributed by atoms with E-state index >= 15 is 0 Å². The highest BCUT2D eigenvalue weighted by molar-refractivity contribution is 5.86. The average molecular weight is 253 g/mol. The lowest BCUT2D eigenvalue weighted by Gasteiger charge is -2.22. The molecule has 1 N–H and O–H groups in total. The number of ether oxygens (including phenoxy) is 1. The molecule has 0 spiro atoms. The van der Waals surface area contributed by atoms with E-state index in [1.54, 1.807) is 7.11 Å². The SMILES string of the molecule is COc1ccc2[nH]c3c(c2c1)CN(C)CC3.Cl. The van der Waals surface area contributed by atoms with Crippen LogP contribution in [0.1, 0.15) is 11.3 Å². The Labute approximate surface area is 107 Å². The first-order valence-corrected chi connectivity index (χ1v) is 5.64. The fraction of sp³-hybridized carbons (Fsp3) is 0.385. The van der Waals surface area contributed by atoms with Gasteiger partial charge in [-0.2, -0.15) is 0 Å². The molecule has 1 aromatic carbocycles. The summed E-state index contributed by atoms with van der Waals surface area (Å²) >= 11 is 0. The molecule has 1 aliphatic rings. The maximum atomic E-state index is 5.28. The molecule has 0 bridgehead atoms. The molecule has 17 heavy (non-hydrogen) atoms. The van der Waals surface area contributed by atoms with Gasteiger partial charge in [0, 0.05) is 36.1 Å². The van der Waals surface area contributed by atoms with Crippen LogP contribution in [0.3, 0.4) is 0 Å². The number of halogens is 1. The fourth-order valence-corrected chi connectivity index (χ4v) is 2.46. The van der Waals surface area contributed by atoms with Crippen molar-refractivity contribution in [2.45, 2.75) is 13.0 Å². The van der Waals surface area contributed by atoms with Gasteiger partial charge in [0.05, 0.1) is 7.11 Å². The molecule has 1 aliphatic heterocycles. The van der Waals surface area contributed by atoms with Gasteiger partial charge in [0.2, 0.25) is 0 Å². The highest BCUT2D eigenvalue weighted by atomic mass is 35.5. The van der Waals surface area contributed by atoms with Crippen LogP contribution < -0.4 is 4.74 Å². The second kappa shape index (κ2) is 4.59. The molecule has 0 saturated carbocycles. The predicted molar refractivity (Wildman–Crippen MR) is 72.1 cm³/mol. The van der Waals surface area contributed by atoms with Gasteiger partial charge >= 0.3 is 0 Å². The summed E-state index contributed by atoms with van der Waals surface area (Å²) in [6.45, 7) is 2.17. The molecule has 0 unspecified atom stereocenters. The molecule has 0 aliphatic carbocycles. The van der Waals surface area contributed by atoms with Crippen molar-refractivity contribution in [3.05, 3.63) is 29.5 Å². The third-order valence-electron chi connectivity index (χ3n) is 3.37. The first kappa shape index (κ1) is 12.3. The second-order valence-corrected chi connectivity index (χ2v) is 4.48. The van der Waals surface area contributed by atoms with Crippen LogP contribution in [0.15, 0.2) is 18.2 Å². The standard InChI is InChI=1S/C13H16N2O.ClH/c1-15-6-5-13-11(8-15)10-7-9(16-2)3-4-12(10)14-13;/h3-4,7,14H,5-6,8H2,1-2H3;1H. The molecule has 3 rings (SSSR count). The Hall–Kier alpha value is -1.19. The van der Waals surface area contributed by atoms with Crippen molar-refractivity contribution < 1.29 is 4.74 Å². The Morgan fingerprint density at radius 2 is 2.18 bits per heavy atom. The van der Waals surface area contributed by atoms with E-state index in [9.17, 15) is 0 Å². The Morgan fingerprint density at radius 1 is 1.35 bits per heavy atom. The van der Waals surface area contributed by atoms with E-state index in [-0.39, 0.29) is 12.4 Å². The molecule has 0 saturated heterocycles. The predicted octanol–water partition coefficient (Wildman–Crippen LogP) is 2.59. The molecule has 3 nitrogen and oxygen atoms in total. The number of aromatic nitrogens is 1. The molecule has 0 atom stereocenters. The number of likely N-dealkylation sites (N-methyl/N-ethyl adjacent to an activating group) is 1. The smallest absolute Gasteiger partial charge is 0.119 e. The summed E-state index contributed by atoms with van der Waals surface area (Å²) in [6.07, 6.45) is 1.11. The quantitative estimate of drug-likeness (QED) is 0.845. The largest absolute Gasteiger partial charge is 0.497 e. The minimum atomic E-state index is 0. The number of aromatic amines is 1. The first-order chi connectivity index (χ1) is 7.78. The Kier molecular flexibility index (Phi) is 3.31. The van der Waals surface area contributed by atoms with E-state index in [1.807, 2.05) is 6.07 Å². The zero-order valence-electron chi connectivity index (χ0n) is 10.1. The summed E-state index contributed by atoms with van der Waals surface area (Å²) in [5.74, 6) is 0.933. The van der Waals surface area contributed by atoms with Crippen LogP contribution in [0.2, 0.25) is 0 Å². The Bertz CT molecular complexity index is 535. The number of hydrogen-bond donors (Lipinski definition) is 1. The Morgan fingerprint density at radius 3 is 2.94 bits per heavy atom. The molecule has 2 aromatic rings. The van der Waals surface area contributed by atoms with E-state index in [4.69, 9.17) is 4.74 Å². The summed E-state index contributed by atoms with van der Waals surface area (Å²) in [5, 5.41) is 1.31. The van der Waals surface area contributed by atoms with Crippen molar-refractivity contribution >= 4 is 23.3 Å². The van der Waals surface area contributed by atoms with Gasteiger partial charge in [-0.15, -0.1) is 12.4 Å². The van der Waals surface area contributed by atoms with Gasteiger partial charge in [-0.1, -0.05) is 0 Å². The number of fused-ring (bicyclic) bond motifs is 3. The van der Waals surface area contributed by atoms with Crippen molar-refractivity contribution in [1.82, 2.24) is 9.88 Å². The van der Waals surface area contributed by atoms with Crippen LogP contribution in [-0.2, 0) is 13.0 Å². The Balaban J connectivity index is 0.00000108. The number of nitrogens with one attached hydrogen (secondary N) is 1. The minimum absolute atomic E-state index is 0. The number of rotatable bonds is 1. The van der Waals surface area contributed by atoms with Crippen LogP contribution in [0.5, 0.6) is 5.75 Å². The van der Waals surface area contributed by atoms with Gasteiger partial charge in [0.25, 0.3) is 0 Å². The van der Waals surface area contributed by atoms with Crippen molar-refractivity contribution in [1.29, 1.82) is 0 Å². The van der Waals surface area contributed by atoms with Gasteiger partial charge in [-0.05, 0) is 30.8 Å². The highest BCUT2D eigenvalue weighted by Crippen LogP contribution is 2.29. The van der Waals surface area contributed by atoms with Crippen molar-refractivity contribution in [3.63, 3.8) is 0 Å². The molecule has 0 radical (unpaired) electrons. The number of H-pyrrole nitrogens is 1. The zero-order valence-corrected chi connectivity index (χ0v) is 10.9. The van der Waals surface area contributed by atoms with Gasteiger partial charge in [0.1, 0.15) is 5.75 Å². The number of methoxy groups -OCH3 is 1. The normalized spacial score (nSPS) is 15.4. The fourth-order valence-electron chi connectivity index (χ4n) is 2.46. The first-order valence-electron chi connectivity index (χ1n) is 5.64. The van der Waals surface area contributed by atoms with Crippen LogP contribution in [0.25, 0.3) is 10.9 Å². The maximum Gasteiger partial charge on any atom is 0.119 e. The molecule has 0 amide bonds. The summed E-state index contributed by atoms with van der Waals surface area (Å²) < 4.78 is 5.28. The molecule has 4 heteroatoms. The third-order valence-corrected chi connectivity index (χ3v) is 3.37. The van der Waals surface area contributed by atoms with Crippen molar-refractivity contribution in [3.8, 4) is 5.75 Å². The van der Waals surface area contributed by atoms with Gasteiger partial charge < -0.3 is 14.6 Å². The summed E-state index contributed by atoms with van der Waals surface area (Å²) in [6, 6.07) is 6.24. The lowest BCUT2D eigenvalue weighted by Crippen LogP contribution is -2.25. The van der Waals surface area contributed by atoms with E-state index in [2.05, 4.69) is 29.1 Å². The van der Waals surface area contributed by atoms with Gasteiger partial charge in [0.15, 0.2) is 0 Å². The number of nitrogens with zero attached hydrogens (tertiary/aromatic N) is 1. The second-order valence-electron chi connectivity index (χ2n) is 4.48. The molecule has 0 fully saturated rings. The van der Waals surface area contributed by atoms with E-state index in [1.165, 1.54) is 22.2 Å². The lowest BCUT2D eigenvalue weighted by atomic mass is 10.1. The van der Waals surface area contributed by atoms with E-state index < -0.39 is 0 Å². The lowest BCUT2D eigenvalue weighted by molar-refractivity contribution is 0.313. The van der Waals surface area contributed by atoms with Crippen LogP contribution in [0.4, 0.5) is 0 Å². The van der Waals surface area contributed by atoms with Crippen molar-refractivity contribution in [2.24, 2.45) is 0 Å². The molecular formula is C13H17ClN2O. The summed E-state index contributed by atoms with van der Waals surface area (Å²) in [7, 11) is 3.88. The van der Waals surface area contributed by atoms with Crippen LogP contribution in [-0.4, -0.2) is 30.6 Å². The monoisotopic (exact) mass is 252 g/mol. The minimum Gasteiger partial charge on any atom is -0.497 e. The maximum absolute atomic E-state index is 5.28. The molecular weight excluding hydrogens is 236 g/mol. The average Bonchev–Trinajstić information content (AvgIpc) is 2.66. The van der Waals surface area contributed by atoms with Gasteiger partial charge in [-0.25, -0.2) is 0 Å². The summed E-state index contributed by atoms with van der Waals surface area (Å²) in [4.78, 5) is 5.86. The molecule has 92 valence electrons. The van der Waals surface area contributed by atoms with Crippen molar-refractivity contribution in [2.75, 3.05) is 20.7 Å². The van der Waals surface area contributed by atoms with Crippen LogP contribution in [0, 0.1) is 0 Å². The third kappa shape index (κ3) is 2.01. The number of hydrogen-bond acceptors (Lipinski definition) is 2. The van der Waals surface area contributed by atoms with E-state index in [0.717, 1.165) is 25.3 Å². The van der Waals surface area contributed by atoms with Crippen LogP contribution >= 0.6 is 12.4 Å². The number of benzene rings is 1. The summed E-state index contributed by atoms with van der Waals surface area (Å²) in [5.41, 5.74) is 4.05. The molecule has 1 aromatic heterocycles. The molecule has 2 heterocycles. The zero-order chi connectivity index (χ0) is 11.1. The highest BCUT2D eigenvalue weighted by Gasteiger charge is 2.18.